The molecule has 0 spiro atoms. The quantitative estimate of drug-likeness (QED) is 0.123. The van der Waals surface area contributed by atoms with Crippen molar-refractivity contribution in [2.75, 3.05) is 13.7 Å². The van der Waals surface area contributed by atoms with Crippen LogP contribution >= 0.6 is 0 Å². The van der Waals surface area contributed by atoms with Gasteiger partial charge in [-0.15, -0.1) is 0 Å². The van der Waals surface area contributed by atoms with Crippen LogP contribution in [0.1, 0.15) is 17.5 Å². The number of carbonyl (C=O) groups is 2. The molecule has 0 bridgehead atoms. The number of hydrogen-bond donors (Lipinski definition) is 0. The van der Waals surface area contributed by atoms with Crippen LogP contribution in [0.4, 0.5) is 0 Å². The second-order valence-corrected chi connectivity index (χ2v) is 7.99. The van der Waals surface area contributed by atoms with E-state index in [9.17, 15) is 9.59 Å². The van der Waals surface area contributed by atoms with E-state index in [2.05, 4.69) is 25.3 Å². The van der Waals surface area contributed by atoms with Crippen molar-refractivity contribution in [2.24, 2.45) is 0 Å². The molecule has 4 aromatic rings. The van der Waals surface area contributed by atoms with E-state index in [0.717, 1.165) is 51.9 Å². The molecule has 6 nitrogen and oxygen atoms in total. The van der Waals surface area contributed by atoms with Crippen molar-refractivity contribution in [3.05, 3.63) is 85.0 Å². The van der Waals surface area contributed by atoms with E-state index >= 15 is 0 Å². The highest BCUT2D eigenvalue weighted by atomic mass is 16.5. The fraction of sp³-hybridized carbons (Fsp3) is 0.172. The van der Waals surface area contributed by atoms with E-state index in [4.69, 9.17) is 18.6 Å². The summed E-state index contributed by atoms with van der Waals surface area (Å²) in [5.74, 6) is 0.129. The summed E-state index contributed by atoms with van der Waals surface area (Å²) in [7, 11) is 1.62. The second kappa shape index (κ2) is 10.3. The van der Waals surface area contributed by atoms with Crippen LogP contribution in [0, 0.1) is 6.92 Å². The lowest BCUT2D eigenvalue weighted by Crippen LogP contribution is -2.04. The van der Waals surface area contributed by atoms with Crippen LogP contribution in [-0.4, -0.2) is 25.7 Å². The summed E-state index contributed by atoms with van der Waals surface area (Å²) in [5, 5.41) is 1.82. The largest absolute Gasteiger partial charge is 0.492 e. The lowest BCUT2D eigenvalue weighted by Gasteiger charge is -2.10. The van der Waals surface area contributed by atoms with Gasteiger partial charge in [-0.2, -0.15) is 0 Å². The number of furan rings is 1. The Morgan fingerprint density at radius 3 is 2.29 bits per heavy atom. The zero-order valence-electron chi connectivity index (χ0n) is 19.8. The fourth-order valence-corrected chi connectivity index (χ4v) is 4.04. The number of hydrogen-bond acceptors (Lipinski definition) is 6. The summed E-state index contributed by atoms with van der Waals surface area (Å²) in [6.07, 6.45) is 3.82. The first-order valence-corrected chi connectivity index (χ1v) is 11.2. The summed E-state index contributed by atoms with van der Waals surface area (Å²) in [5.41, 5.74) is 5.02. The van der Waals surface area contributed by atoms with Crippen LogP contribution in [0.25, 0.3) is 33.1 Å². The zero-order valence-corrected chi connectivity index (χ0v) is 19.8. The Morgan fingerprint density at radius 1 is 0.914 bits per heavy atom. The van der Waals surface area contributed by atoms with E-state index in [1.807, 2.05) is 37.3 Å². The van der Waals surface area contributed by atoms with E-state index in [0.29, 0.717) is 29.3 Å². The number of rotatable bonds is 9. The maximum atomic E-state index is 11.7. The average molecular weight is 471 g/mol. The Labute approximate surface area is 203 Å². The molecule has 0 atom stereocenters. The van der Waals surface area contributed by atoms with Gasteiger partial charge < -0.3 is 18.6 Å². The van der Waals surface area contributed by atoms with Crippen LogP contribution in [-0.2, 0) is 20.7 Å². The highest BCUT2D eigenvalue weighted by Gasteiger charge is 2.19. The molecule has 35 heavy (non-hydrogen) atoms. The molecule has 178 valence electrons. The molecule has 0 unspecified atom stereocenters. The maximum Gasteiger partial charge on any atom is 0.335 e. The van der Waals surface area contributed by atoms with Crippen molar-refractivity contribution in [1.29, 1.82) is 0 Å². The van der Waals surface area contributed by atoms with Gasteiger partial charge in [-0.05, 0) is 55.2 Å². The first-order valence-electron chi connectivity index (χ1n) is 11.2. The third-order valence-corrected chi connectivity index (χ3v) is 5.83. The van der Waals surface area contributed by atoms with E-state index in [1.165, 1.54) is 6.08 Å². The zero-order chi connectivity index (χ0) is 24.9. The van der Waals surface area contributed by atoms with Crippen LogP contribution in [0.15, 0.2) is 78.3 Å². The van der Waals surface area contributed by atoms with Crippen molar-refractivity contribution in [1.82, 2.24) is 0 Å². The van der Waals surface area contributed by atoms with E-state index in [1.54, 1.807) is 13.2 Å². The molecule has 0 amide bonds. The molecule has 4 rings (SSSR count). The lowest BCUT2D eigenvalue weighted by atomic mass is 9.99. The number of methoxy groups -OCH3 is 1. The summed E-state index contributed by atoms with van der Waals surface area (Å²) in [6.45, 7) is 9.04. The first kappa shape index (κ1) is 23.8. The predicted octanol–water partition coefficient (Wildman–Crippen LogP) is 6.32. The summed E-state index contributed by atoms with van der Waals surface area (Å²) >= 11 is 0. The molecule has 0 saturated carbocycles. The minimum atomic E-state index is -0.523. The third kappa shape index (κ3) is 4.82. The Kier molecular flexibility index (Phi) is 7.01. The third-order valence-electron chi connectivity index (χ3n) is 5.83. The molecular formula is C29H26O6. The molecule has 6 heteroatoms. The van der Waals surface area contributed by atoms with Crippen LogP contribution in [0.3, 0.4) is 0 Å². The van der Waals surface area contributed by atoms with Crippen LogP contribution in [0.2, 0.25) is 0 Å². The number of carbonyl (C=O) groups excluding carboxylic acids is 2. The second-order valence-electron chi connectivity index (χ2n) is 7.99. The monoisotopic (exact) mass is 470 g/mol. The topological polar surface area (TPSA) is 75.0 Å². The lowest BCUT2D eigenvalue weighted by molar-refractivity contribution is -0.137. The molecular weight excluding hydrogens is 444 g/mol. The van der Waals surface area contributed by atoms with Gasteiger partial charge >= 0.3 is 11.9 Å². The number of ether oxygens (including phenoxy) is 3. The Hall–Kier alpha value is -4.32. The van der Waals surface area contributed by atoms with Gasteiger partial charge in [-0.25, -0.2) is 9.59 Å². The minimum Gasteiger partial charge on any atom is -0.492 e. The molecule has 0 aliphatic carbocycles. The van der Waals surface area contributed by atoms with Gasteiger partial charge in [-0.1, -0.05) is 37.4 Å². The van der Waals surface area contributed by atoms with Gasteiger partial charge in [0.2, 0.25) is 0 Å². The van der Waals surface area contributed by atoms with Gasteiger partial charge in [0.05, 0.1) is 13.7 Å². The molecule has 0 aliphatic rings. The van der Waals surface area contributed by atoms with Gasteiger partial charge in [0, 0.05) is 34.1 Å². The van der Waals surface area contributed by atoms with Crippen molar-refractivity contribution in [2.45, 2.75) is 19.8 Å². The summed E-state index contributed by atoms with van der Waals surface area (Å²) in [4.78, 5) is 22.8. The number of fused-ring (bicyclic) bond motifs is 3. The van der Waals surface area contributed by atoms with Gasteiger partial charge in [-0.3, -0.25) is 0 Å². The number of esters is 2. The molecule has 0 N–H and O–H groups in total. The molecule has 0 aliphatic heterocycles. The van der Waals surface area contributed by atoms with Crippen molar-refractivity contribution >= 4 is 33.9 Å². The Balaban J connectivity index is 1.64. The van der Waals surface area contributed by atoms with Gasteiger partial charge in [0.25, 0.3) is 0 Å². The van der Waals surface area contributed by atoms with Gasteiger partial charge in [0.15, 0.2) is 11.3 Å². The summed E-state index contributed by atoms with van der Waals surface area (Å²) in [6, 6.07) is 15.8. The smallest absolute Gasteiger partial charge is 0.335 e. The standard InChI is InChI=1S/C29H26O6/c1-5-25(30)33-17-7-8-19-9-11-20(12-10-19)21-13-14-23-22-15-16-24(34-26(31)6-2)18(3)27(22)35-29(23)28(21)32-4/h5-6,9-16H,1-2,7-8,17H2,3-4H3. The molecule has 1 aromatic heterocycles. The number of benzene rings is 3. The summed E-state index contributed by atoms with van der Waals surface area (Å²) < 4.78 is 22.4. The molecule has 3 aromatic carbocycles. The van der Waals surface area contributed by atoms with Crippen molar-refractivity contribution in [3.8, 4) is 22.6 Å². The van der Waals surface area contributed by atoms with E-state index < -0.39 is 11.9 Å². The van der Waals surface area contributed by atoms with Crippen LogP contribution in [0.5, 0.6) is 11.5 Å². The predicted molar refractivity (Wildman–Crippen MR) is 136 cm³/mol. The SMILES string of the molecule is C=CC(=O)OCCCc1ccc(-c2ccc3c(oc4c(C)c(OC(=O)C=C)ccc43)c2OC)cc1. The average Bonchev–Trinajstić information content (AvgIpc) is 3.27. The molecule has 0 fully saturated rings. The van der Waals surface area contributed by atoms with Gasteiger partial charge in [0.1, 0.15) is 11.3 Å². The van der Waals surface area contributed by atoms with Crippen molar-refractivity contribution in [3.63, 3.8) is 0 Å². The normalized spacial score (nSPS) is 10.8. The number of aryl methyl sites for hydroxylation is 2. The Morgan fingerprint density at radius 2 is 1.60 bits per heavy atom. The van der Waals surface area contributed by atoms with Crippen LogP contribution < -0.4 is 9.47 Å². The maximum absolute atomic E-state index is 11.7. The van der Waals surface area contributed by atoms with E-state index in [-0.39, 0.29) is 0 Å². The Bertz CT molecular complexity index is 1430. The first-order chi connectivity index (χ1) is 17.0. The van der Waals surface area contributed by atoms with Crippen molar-refractivity contribution < 1.29 is 28.2 Å². The minimum absolute atomic E-state index is 0.358. The molecule has 0 saturated heterocycles. The highest BCUT2D eigenvalue weighted by Crippen LogP contribution is 2.43. The highest BCUT2D eigenvalue weighted by molar-refractivity contribution is 6.10. The fourth-order valence-electron chi connectivity index (χ4n) is 4.04. The molecule has 0 radical (unpaired) electrons. The molecule has 1 heterocycles.